The number of hydrogen-bond acceptors (Lipinski definition) is 3. The van der Waals surface area contributed by atoms with Crippen molar-refractivity contribution >= 4 is 32.9 Å². The van der Waals surface area contributed by atoms with E-state index in [0.29, 0.717) is 25.0 Å². The predicted molar refractivity (Wildman–Crippen MR) is 100 cm³/mol. The number of aromatic nitrogens is 1. The molecule has 0 saturated carbocycles. The third kappa shape index (κ3) is 4.02. The van der Waals surface area contributed by atoms with E-state index in [9.17, 15) is 9.59 Å². The Morgan fingerprint density at radius 3 is 2.72 bits per heavy atom. The van der Waals surface area contributed by atoms with Crippen molar-refractivity contribution in [2.45, 2.75) is 32.4 Å². The fourth-order valence-electron chi connectivity index (χ4n) is 2.84. The van der Waals surface area contributed by atoms with E-state index in [1.165, 1.54) is 0 Å². The Hall–Kier alpha value is -2.34. The number of oxazole rings is 1. The lowest BCUT2D eigenvalue weighted by molar-refractivity contribution is -0.121. The van der Waals surface area contributed by atoms with Crippen molar-refractivity contribution in [3.8, 4) is 0 Å². The van der Waals surface area contributed by atoms with Crippen molar-refractivity contribution in [2.24, 2.45) is 0 Å². The summed E-state index contributed by atoms with van der Waals surface area (Å²) in [5, 5.41) is 2.99. The van der Waals surface area contributed by atoms with Gasteiger partial charge in [0.1, 0.15) is 0 Å². The van der Waals surface area contributed by atoms with Crippen LogP contribution >= 0.6 is 15.9 Å². The minimum absolute atomic E-state index is 0.0379. The van der Waals surface area contributed by atoms with Crippen LogP contribution in [0.3, 0.4) is 0 Å². The highest BCUT2D eigenvalue weighted by Gasteiger charge is 2.13. The van der Waals surface area contributed by atoms with Gasteiger partial charge in [0, 0.05) is 17.4 Å². The normalized spacial score (nSPS) is 12.2. The van der Waals surface area contributed by atoms with Crippen molar-refractivity contribution in [3.63, 3.8) is 0 Å². The van der Waals surface area contributed by atoms with E-state index >= 15 is 0 Å². The number of para-hydroxylation sites is 2. The average Bonchev–Trinajstić information content (AvgIpc) is 2.91. The third-order valence-corrected chi connectivity index (χ3v) is 4.83. The number of benzene rings is 2. The van der Waals surface area contributed by atoms with Crippen molar-refractivity contribution in [1.29, 1.82) is 0 Å². The molecule has 1 heterocycles. The molecule has 0 aliphatic heterocycles. The molecule has 0 fully saturated rings. The molecule has 0 aliphatic rings. The van der Waals surface area contributed by atoms with Crippen LogP contribution in [0.1, 0.15) is 31.4 Å². The van der Waals surface area contributed by atoms with E-state index in [1.807, 2.05) is 49.4 Å². The van der Waals surface area contributed by atoms with Crippen molar-refractivity contribution in [2.75, 3.05) is 0 Å². The van der Waals surface area contributed by atoms with Gasteiger partial charge in [-0.2, -0.15) is 0 Å². The maximum atomic E-state index is 12.2. The van der Waals surface area contributed by atoms with Gasteiger partial charge in [-0.25, -0.2) is 4.79 Å². The standard InChI is InChI=1S/C19H19BrN2O3/c1-13(14-7-2-3-8-15(14)20)21-18(23)11-6-12-22-16-9-4-5-10-17(16)25-19(22)24/h2-5,7-10,13H,6,11-12H2,1H3,(H,21,23)/t13-/m1/s1. The van der Waals surface area contributed by atoms with Crippen LogP contribution in [-0.2, 0) is 11.3 Å². The SMILES string of the molecule is C[C@@H](NC(=O)CCCn1c(=O)oc2ccccc21)c1ccccc1Br. The van der Waals surface area contributed by atoms with Gasteiger partial charge in [0.25, 0.3) is 0 Å². The molecule has 1 N–H and O–H groups in total. The van der Waals surface area contributed by atoms with Crippen LogP contribution in [-0.4, -0.2) is 10.5 Å². The number of nitrogens with zero attached hydrogens (tertiary/aromatic N) is 1. The number of carbonyl (C=O) groups excluding carboxylic acids is 1. The van der Waals surface area contributed by atoms with Gasteiger partial charge in [0.15, 0.2) is 5.58 Å². The van der Waals surface area contributed by atoms with Gasteiger partial charge in [-0.15, -0.1) is 0 Å². The van der Waals surface area contributed by atoms with Crippen LogP contribution in [0.15, 0.2) is 62.2 Å². The molecule has 6 heteroatoms. The fourth-order valence-corrected chi connectivity index (χ4v) is 3.47. The topological polar surface area (TPSA) is 64.2 Å². The summed E-state index contributed by atoms with van der Waals surface area (Å²) < 4.78 is 7.73. The summed E-state index contributed by atoms with van der Waals surface area (Å²) in [7, 11) is 0. The summed E-state index contributed by atoms with van der Waals surface area (Å²) in [5.41, 5.74) is 2.36. The predicted octanol–water partition coefficient (Wildman–Crippen LogP) is 4.01. The molecule has 3 rings (SSSR count). The average molecular weight is 403 g/mol. The maximum Gasteiger partial charge on any atom is 0.419 e. The van der Waals surface area contributed by atoms with Crippen LogP contribution < -0.4 is 11.1 Å². The van der Waals surface area contributed by atoms with E-state index in [4.69, 9.17) is 4.42 Å². The minimum atomic E-state index is -0.386. The number of aryl methyl sites for hydroxylation is 1. The first-order chi connectivity index (χ1) is 12.1. The second-order valence-electron chi connectivity index (χ2n) is 5.90. The van der Waals surface area contributed by atoms with Crippen LogP contribution in [0.5, 0.6) is 0 Å². The Kier molecular flexibility index (Phi) is 5.38. The van der Waals surface area contributed by atoms with Crippen LogP contribution in [0, 0.1) is 0 Å². The molecule has 130 valence electrons. The first-order valence-electron chi connectivity index (χ1n) is 8.18. The van der Waals surface area contributed by atoms with E-state index in [-0.39, 0.29) is 17.7 Å². The highest BCUT2D eigenvalue weighted by molar-refractivity contribution is 9.10. The number of rotatable bonds is 6. The zero-order valence-electron chi connectivity index (χ0n) is 13.9. The number of hydrogen-bond donors (Lipinski definition) is 1. The van der Waals surface area contributed by atoms with Gasteiger partial charge in [-0.3, -0.25) is 9.36 Å². The maximum absolute atomic E-state index is 12.2. The van der Waals surface area contributed by atoms with Crippen LogP contribution in [0.2, 0.25) is 0 Å². The van der Waals surface area contributed by atoms with Crippen LogP contribution in [0.25, 0.3) is 11.1 Å². The highest BCUT2D eigenvalue weighted by atomic mass is 79.9. The quantitative estimate of drug-likeness (QED) is 0.677. The van der Waals surface area contributed by atoms with E-state index in [1.54, 1.807) is 10.6 Å². The second kappa shape index (κ2) is 7.70. The largest absolute Gasteiger partial charge is 0.419 e. The first kappa shape index (κ1) is 17.5. The Balaban J connectivity index is 1.57. The summed E-state index contributed by atoms with van der Waals surface area (Å²) >= 11 is 3.50. The summed E-state index contributed by atoms with van der Waals surface area (Å²) in [6.45, 7) is 2.40. The number of halogens is 1. The molecule has 0 aliphatic carbocycles. The number of carbonyl (C=O) groups is 1. The van der Waals surface area contributed by atoms with Gasteiger partial charge in [0.05, 0.1) is 11.6 Å². The molecule has 1 atom stereocenters. The fraction of sp³-hybridized carbons (Fsp3) is 0.263. The van der Waals surface area contributed by atoms with Gasteiger partial charge in [0.2, 0.25) is 5.91 Å². The molecule has 1 aromatic heterocycles. The third-order valence-electron chi connectivity index (χ3n) is 4.11. The van der Waals surface area contributed by atoms with E-state index < -0.39 is 0 Å². The van der Waals surface area contributed by atoms with E-state index in [0.717, 1.165) is 15.6 Å². The summed E-state index contributed by atoms with van der Waals surface area (Å²) in [5.74, 6) is -0.424. The van der Waals surface area contributed by atoms with Crippen LogP contribution in [0.4, 0.5) is 0 Å². The minimum Gasteiger partial charge on any atom is -0.408 e. The molecule has 0 bridgehead atoms. The van der Waals surface area contributed by atoms with Crippen molar-refractivity contribution < 1.29 is 9.21 Å². The zero-order chi connectivity index (χ0) is 17.8. The Morgan fingerprint density at radius 1 is 1.20 bits per heavy atom. The van der Waals surface area contributed by atoms with E-state index in [2.05, 4.69) is 21.2 Å². The highest BCUT2D eigenvalue weighted by Crippen LogP contribution is 2.22. The molecular weight excluding hydrogens is 384 g/mol. The first-order valence-corrected chi connectivity index (χ1v) is 8.97. The number of fused-ring (bicyclic) bond motifs is 1. The molecule has 5 nitrogen and oxygen atoms in total. The lowest BCUT2D eigenvalue weighted by Gasteiger charge is -2.15. The smallest absolute Gasteiger partial charge is 0.408 e. The molecule has 2 aromatic carbocycles. The molecule has 0 spiro atoms. The molecule has 0 unspecified atom stereocenters. The number of amides is 1. The number of nitrogens with one attached hydrogen (secondary N) is 1. The monoisotopic (exact) mass is 402 g/mol. The second-order valence-corrected chi connectivity index (χ2v) is 6.76. The molecule has 0 saturated heterocycles. The lowest BCUT2D eigenvalue weighted by Crippen LogP contribution is -2.27. The summed E-state index contributed by atoms with van der Waals surface area (Å²) in [6, 6.07) is 15.0. The molecule has 1 amide bonds. The Morgan fingerprint density at radius 2 is 1.92 bits per heavy atom. The molecule has 3 aromatic rings. The van der Waals surface area contributed by atoms with Gasteiger partial charge in [-0.1, -0.05) is 46.3 Å². The Labute approximate surface area is 153 Å². The Bertz CT molecular complexity index is 945. The lowest BCUT2D eigenvalue weighted by atomic mass is 10.1. The molecular formula is C19H19BrN2O3. The van der Waals surface area contributed by atoms with Gasteiger partial charge in [-0.05, 0) is 37.1 Å². The molecule has 0 radical (unpaired) electrons. The molecule has 25 heavy (non-hydrogen) atoms. The zero-order valence-corrected chi connectivity index (χ0v) is 15.5. The van der Waals surface area contributed by atoms with Gasteiger partial charge >= 0.3 is 5.76 Å². The van der Waals surface area contributed by atoms with Gasteiger partial charge < -0.3 is 9.73 Å². The van der Waals surface area contributed by atoms with Crippen molar-refractivity contribution in [3.05, 3.63) is 69.1 Å². The summed E-state index contributed by atoms with van der Waals surface area (Å²) in [4.78, 5) is 24.1. The summed E-state index contributed by atoms with van der Waals surface area (Å²) in [6.07, 6.45) is 0.915. The van der Waals surface area contributed by atoms with Crippen molar-refractivity contribution in [1.82, 2.24) is 9.88 Å².